The summed E-state index contributed by atoms with van der Waals surface area (Å²) in [5.74, 6) is -0.966. The minimum atomic E-state index is -3.31. The van der Waals surface area contributed by atoms with Crippen molar-refractivity contribution in [3.8, 4) is 22.4 Å². The van der Waals surface area contributed by atoms with Gasteiger partial charge in [0.05, 0.1) is 4.90 Å². The quantitative estimate of drug-likeness (QED) is 0.644. The van der Waals surface area contributed by atoms with Gasteiger partial charge in [-0.1, -0.05) is 42.8 Å². The third-order valence-electron chi connectivity index (χ3n) is 4.43. The van der Waals surface area contributed by atoms with Crippen molar-refractivity contribution < 1.29 is 18.3 Å². The first kappa shape index (κ1) is 20.1. The Morgan fingerprint density at radius 3 is 2.18 bits per heavy atom. The third-order valence-corrected chi connectivity index (χ3v) is 5.81. The third kappa shape index (κ3) is 4.10. The van der Waals surface area contributed by atoms with E-state index in [1.807, 2.05) is 12.1 Å². The number of carboxylic acid groups (broad SMARTS) is 1. The van der Waals surface area contributed by atoms with E-state index in [2.05, 4.69) is 5.10 Å². The van der Waals surface area contributed by atoms with Gasteiger partial charge in [-0.25, -0.2) is 13.2 Å². The number of carbonyl (C=O) groups is 1. The molecule has 0 radical (unpaired) electrons. The molecule has 2 aromatic carbocycles. The Morgan fingerprint density at radius 2 is 1.68 bits per heavy atom. The predicted octanol–water partition coefficient (Wildman–Crippen LogP) is 4.31. The number of halogens is 1. The molecule has 6 nitrogen and oxygen atoms in total. The first-order chi connectivity index (χ1) is 13.2. The van der Waals surface area contributed by atoms with E-state index < -0.39 is 21.8 Å². The molecule has 0 aliphatic heterocycles. The van der Waals surface area contributed by atoms with Crippen molar-refractivity contribution in [3.05, 3.63) is 59.8 Å². The van der Waals surface area contributed by atoms with Crippen LogP contribution in [-0.2, 0) is 14.6 Å². The topological polar surface area (TPSA) is 89.3 Å². The lowest BCUT2D eigenvalue weighted by molar-refractivity contribution is -0.141. The zero-order valence-electron chi connectivity index (χ0n) is 15.3. The van der Waals surface area contributed by atoms with Crippen LogP contribution < -0.4 is 0 Å². The molecule has 0 aliphatic carbocycles. The smallest absolute Gasteiger partial charge is 0.328 e. The largest absolute Gasteiger partial charge is 0.480 e. The molecule has 8 heteroatoms. The van der Waals surface area contributed by atoms with Crippen LogP contribution in [0.3, 0.4) is 0 Å². The first-order valence-electron chi connectivity index (χ1n) is 8.59. The Bertz CT molecular complexity index is 1100. The van der Waals surface area contributed by atoms with Crippen molar-refractivity contribution in [2.75, 3.05) is 6.26 Å². The maximum absolute atomic E-state index is 11.7. The minimum Gasteiger partial charge on any atom is -0.480 e. The van der Waals surface area contributed by atoms with Gasteiger partial charge in [0.1, 0.15) is 11.7 Å². The maximum Gasteiger partial charge on any atom is 0.328 e. The van der Waals surface area contributed by atoms with Crippen LogP contribution in [0.1, 0.15) is 19.4 Å². The second-order valence-electron chi connectivity index (χ2n) is 6.44. The van der Waals surface area contributed by atoms with E-state index in [-0.39, 0.29) is 4.90 Å². The summed E-state index contributed by atoms with van der Waals surface area (Å²) < 4.78 is 24.9. The van der Waals surface area contributed by atoms with Gasteiger partial charge in [0.2, 0.25) is 0 Å². The van der Waals surface area contributed by atoms with Crippen molar-refractivity contribution in [2.45, 2.75) is 24.3 Å². The summed E-state index contributed by atoms with van der Waals surface area (Å²) in [7, 11) is -3.31. The molecule has 0 saturated carbocycles. The molecular formula is C20H19ClN2O4S. The normalized spacial score (nSPS) is 12.7. The Hall–Kier alpha value is -2.64. The summed E-state index contributed by atoms with van der Waals surface area (Å²) in [6, 6.07) is 12.7. The highest BCUT2D eigenvalue weighted by Crippen LogP contribution is 2.33. The Kier molecular flexibility index (Phi) is 5.58. The summed E-state index contributed by atoms with van der Waals surface area (Å²) >= 11 is 5.98. The highest BCUT2D eigenvalue weighted by molar-refractivity contribution is 7.90. The van der Waals surface area contributed by atoms with Gasteiger partial charge in [-0.2, -0.15) is 5.10 Å². The lowest BCUT2D eigenvalue weighted by Crippen LogP contribution is -2.18. The SMILES string of the molecule is CCC(C(=O)O)n1cc(-c2ccc(Cl)cc2)c(-c2ccc(S(C)(=O)=O)cc2)n1. The summed E-state index contributed by atoms with van der Waals surface area (Å²) in [5.41, 5.74) is 2.83. The second-order valence-corrected chi connectivity index (χ2v) is 8.89. The van der Waals surface area contributed by atoms with Crippen LogP contribution in [0.5, 0.6) is 0 Å². The highest BCUT2D eigenvalue weighted by atomic mass is 35.5. The fourth-order valence-corrected chi connectivity index (χ4v) is 3.70. The van der Waals surface area contributed by atoms with Gasteiger partial charge in [-0.05, 0) is 36.2 Å². The number of nitrogens with zero attached hydrogens (tertiary/aromatic N) is 2. The Balaban J connectivity index is 2.16. The molecule has 0 bridgehead atoms. The zero-order chi connectivity index (χ0) is 20.5. The molecule has 28 heavy (non-hydrogen) atoms. The number of sulfone groups is 1. The van der Waals surface area contributed by atoms with E-state index in [0.717, 1.165) is 17.4 Å². The molecule has 1 N–H and O–H groups in total. The van der Waals surface area contributed by atoms with Crippen LogP contribution in [0.15, 0.2) is 59.6 Å². The van der Waals surface area contributed by atoms with Crippen LogP contribution >= 0.6 is 11.6 Å². The fourth-order valence-electron chi connectivity index (χ4n) is 2.94. The number of aromatic nitrogens is 2. The maximum atomic E-state index is 11.7. The molecule has 1 heterocycles. The average Bonchev–Trinajstić information content (AvgIpc) is 3.07. The van der Waals surface area contributed by atoms with E-state index in [9.17, 15) is 18.3 Å². The highest BCUT2D eigenvalue weighted by Gasteiger charge is 2.22. The van der Waals surface area contributed by atoms with Crippen molar-refractivity contribution >= 4 is 27.4 Å². The molecule has 0 amide bonds. The number of rotatable bonds is 6. The molecule has 1 unspecified atom stereocenters. The lowest BCUT2D eigenvalue weighted by Gasteiger charge is -2.09. The molecule has 0 fully saturated rings. The van der Waals surface area contributed by atoms with Crippen molar-refractivity contribution in [3.63, 3.8) is 0 Å². The Morgan fingerprint density at radius 1 is 1.11 bits per heavy atom. The van der Waals surface area contributed by atoms with E-state index in [0.29, 0.717) is 22.7 Å². The van der Waals surface area contributed by atoms with Crippen LogP contribution in [0.4, 0.5) is 0 Å². The summed E-state index contributed by atoms with van der Waals surface area (Å²) in [6.45, 7) is 1.78. The average molecular weight is 419 g/mol. The van der Waals surface area contributed by atoms with Gasteiger partial charge in [0, 0.05) is 28.6 Å². The molecule has 1 atom stereocenters. The van der Waals surface area contributed by atoms with E-state index >= 15 is 0 Å². The summed E-state index contributed by atoms with van der Waals surface area (Å²) in [5, 5.41) is 14.6. The van der Waals surface area contributed by atoms with Gasteiger partial charge in [-0.15, -0.1) is 0 Å². The Labute approximate surface area is 168 Å². The molecule has 0 saturated heterocycles. The van der Waals surface area contributed by atoms with Crippen LogP contribution in [0.2, 0.25) is 5.02 Å². The second kappa shape index (κ2) is 7.77. The number of benzene rings is 2. The number of hydrogen-bond donors (Lipinski definition) is 1. The summed E-state index contributed by atoms with van der Waals surface area (Å²) in [4.78, 5) is 11.8. The van der Waals surface area contributed by atoms with Gasteiger partial charge in [0.25, 0.3) is 0 Å². The lowest BCUT2D eigenvalue weighted by atomic mass is 10.0. The van der Waals surface area contributed by atoms with E-state index in [1.165, 1.54) is 16.8 Å². The van der Waals surface area contributed by atoms with Gasteiger partial charge < -0.3 is 5.11 Å². The van der Waals surface area contributed by atoms with Crippen molar-refractivity contribution in [1.29, 1.82) is 0 Å². The first-order valence-corrected chi connectivity index (χ1v) is 10.9. The van der Waals surface area contributed by atoms with E-state index in [1.54, 1.807) is 37.4 Å². The zero-order valence-corrected chi connectivity index (χ0v) is 16.9. The standard InChI is InChI=1S/C20H19ClN2O4S/c1-3-18(20(24)25)23-12-17(13-4-8-15(21)9-5-13)19(22-23)14-6-10-16(11-7-14)28(2,26)27/h4-12,18H,3H2,1-2H3,(H,24,25). The summed E-state index contributed by atoms with van der Waals surface area (Å²) in [6.07, 6.45) is 3.23. The molecule has 1 aromatic heterocycles. The number of aliphatic carboxylic acids is 1. The van der Waals surface area contributed by atoms with Crippen LogP contribution in [0.25, 0.3) is 22.4 Å². The van der Waals surface area contributed by atoms with Gasteiger partial charge >= 0.3 is 5.97 Å². The van der Waals surface area contributed by atoms with Crippen LogP contribution in [0, 0.1) is 0 Å². The molecule has 3 aromatic rings. The minimum absolute atomic E-state index is 0.209. The van der Waals surface area contributed by atoms with Gasteiger partial charge in [-0.3, -0.25) is 4.68 Å². The molecular weight excluding hydrogens is 400 g/mol. The molecule has 0 aliphatic rings. The van der Waals surface area contributed by atoms with Gasteiger partial charge in [0.15, 0.2) is 9.84 Å². The van der Waals surface area contributed by atoms with Crippen LogP contribution in [-0.4, -0.2) is 35.5 Å². The number of hydrogen-bond acceptors (Lipinski definition) is 4. The number of carboxylic acids is 1. The fraction of sp³-hybridized carbons (Fsp3) is 0.200. The predicted molar refractivity (Wildman–Crippen MR) is 108 cm³/mol. The molecule has 146 valence electrons. The monoisotopic (exact) mass is 418 g/mol. The van der Waals surface area contributed by atoms with E-state index in [4.69, 9.17) is 11.6 Å². The molecule has 3 rings (SSSR count). The van der Waals surface area contributed by atoms with Crippen molar-refractivity contribution in [2.24, 2.45) is 0 Å². The molecule has 0 spiro atoms. The van der Waals surface area contributed by atoms with Crippen molar-refractivity contribution in [1.82, 2.24) is 9.78 Å².